The minimum atomic E-state index is -4.05. The molecule has 0 spiro atoms. The molecule has 13 nitrogen and oxygen atoms in total. The Kier molecular flexibility index (Phi) is 13.7. The number of ether oxygens (including phenoxy) is 5. The van der Waals surface area contributed by atoms with Crippen molar-refractivity contribution in [3.05, 3.63) is 99.9 Å². The van der Waals surface area contributed by atoms with Crippen LogP contribution in [0.4, 0.5) is 4.79 Å². The summed E-state index contributed by atoms with van der Waals surface area (Å²) in [6.07, 6.45) is 0.969. The van der Waals surface area contributed by atoms with Crippen LogP contribution in [0, 0.1) is 17.3 Å². The number of thiophene rings is 1. The number of hydrogen-bond acceptors (Lipinski definition) is 11. The van der Waals surface area contributed by atoms with E-state index < -0.39 is 46.1 Å². The monoisotopic (exact) mass is 889 g/mol. The number of hydrogen-bond donors (Lipinski definition) is 3. The molecule has 4 N–H and O–H groups in total. The zero-order valence-corrected chi connectivity index (χ0v) is 38.0. The highest BCUT2D eigenvalue weighted by Gasteiger charge is 2.53. The first-order valence-electron chi connectivity index (χ1n) is 21.3. The summed E-state index contributed by atoms with van der Waals surface area (Å²) in [6.45, 7) is 10.8. The molecule has 4 aromatic rings. The van der Waals surface area contributed by atoms with E-state index in [2.05, 4.69) is 19.2 Å². The number of rotatable bonds is 17. The molecule has 1 aromatic heterocycles. The third-order valence-electron chi connectivity index (χ3n) is 12.2. The summed E-state index contributed by atoms with van der Waals surface area (Å²) < 4.78 is 58.3. The quantitative estimate of drug-likeness (QED) is 0.0991. The number of primary amides is 1. The third kappa shape index (κ3) is 10.1. The summed E-state index contributed by atoms with van der Waals surface area (Å²) in [4.78, 5) is 28.6. The molecule has 7 rings (SSSR count). The second-order valence-corrected chi connectivity index (χ2v) is 21.0. The van der Waals surface area contributed by atoms with Gasteiger partial charge in [0, 0.05) is 22.8 Å². The van der Waals surface area contributed by atoms with Gasteiger partial charge in [-0.3, -0.25) is 4.79 Å². The Bertz CT molecular complexity index is 2330. The number of benzene rings is 3. The predicted octanol–water partition coefficient (Wildman–Crippen LogP) is 7.11. The summed E-state index contributed by atoms with van der Waals surface area (Å²) >= 11 is 1.65. The Hall–Kier alpha value is -4.51. The molecule has 3 aliphatic rings. The number of nitrogens with two attached hydrogens (primary N) is 1. The van der Waals surface area contributed by atoms with Crippen LogP contribution in [-0.2, 0) is 50.1 Å². The Balaban J connectivity index is 1.08. The number of nitrogens with zero attached hydrogens (tertiary/aromatic N) is 1. The molecular formula is C47H59N3O10S2. The second kappa shape index (κ2) is 18.7. The zero-order valence-electron chi connectivity index (χ0n) is 36.3. The average molecular weight is 890 g/mol. The van der Waals surface area contributed by atoms with Crippen LogP contribution in [0.2, 0.25) is 0 Å². The van der Waals surface area contributed by atoms with E-state index in [4.69, 9.17) is 29.4 Å². The van der Waals surface area contributed by atoms with Crippen LogP contribution in [0.15, 0.2) is 77.7 Å². The molecule has 2 saturated heterocycles. The highest BCUT2D eigenvalue weighted by Crippen LogP contribution is 2.46. The molecule has 15 heteroatoms. The first kappa shape index (κ1) is 45.5. The molecule has 0 radical (unpaired) electrons. The van der Waals surface area contributed by atoms with Crippen molar-refractivity contribution in [1.82, 2.24) is 9.62 Å². The van der Waals surface area contributed by atoms with Gasteiger partial charge in [0.05, 0.1) is 48.8 Å². The number of aliphatic hydroxyl groups excluding tert-OH is 1. The number of amides is 2. The van der Waals surface area contributed by atoms with Gasteiger partial charge in [0.2, 0.25) is 15.9 Å². The molecule has 2 fully saturated rings. The van der Waals surface area contributed by atoms with Crippen LogP contribution in [0.1, 0.15) is 79.4 Å². The van der Waals surface area contributed by atoms with Gasteiger partial charge in [-0.2, -0.15) is 4.31 Å². The molecular weight excluding hydrogens is 831 g/mol. The minimum absolute atomic E-state index is 0.0585. The predicted molar refractivity (Wildman–Crippen MR) is 237 cm³/mol. The van der Waals surface area contributed by atoms with Crippen LogP contribution in [0.25, 0.3) is 10.4 Å². The Morgan fingerprint density at radius 3 is 2.40 bits per heavy atom. The van der Waals surface area contributed by atoms with Crippen molar-refractivity contribution in [2.45, 2.75) is 102 Å². The van der Waals surface area contributed by atoms with Gasteiger partial charge < -0.3 is 39.8 Å². The number of sulfonamides is 1. The van der Waals surface area contributed by atoms with Crippen LogP contribution >= 0.6 is 11.3 Å². The van der Waals surface area contributed by atoms with E-state index in [1.165, 1.54) is 28.4 Å². The van der Waals surface area contributed by atoms with Crippen molar-refractivity contribution in [3.8, 4) is 21.9 Å². The summed E-state index contributed by atoms with van der Waals surface area (Å²) in [5.74, 6) is -0.341. The maximum atomic E-state index is 14.0. The Morgan fingerprint density at radius 1 is 1.00 bits per heavy atom. The highest BCUT2D eigenvalue weighted by molar-refractivity contribution is 7.89. The molecule has 334 valence electrons. The maximum Gasteiger partial charge on any atom is 0.407 e. The van der Waals surface area contributed by atoms with E-state index in [-0.39, 0.29) is 54.9 Å². The van der Waals surface area contributed by atoms with Gasteiger partial charge >= 0.3 is 6.09 Å². The molecule has 5 atom stereocenters. The summed E-state index contributed by atoms with van der Waals surface area (Å²) in [7, 11) is -2.55. The number of carbonyl (C=O) groups excluding carboxylic acids is 2. The summed E-state index contributed by atoms with van der Waals surface area (Å²) in [5, 5.41) is 14.7. The van der Waals surface area contributed by atoms with Gasteiger partial charge in [-0.15, -0.1) is 11.3 Å². The maximum absolute atomic E-state index is 14.0. The van der Waals surface area contributed by atoms with Gasteiger partial charge in [0.15, 0.2) is 5.79 Å². The lowest BCUT2D eigenvalue weighted by Crippen LogP contribution is -2.51. The van der Waals surface area contributed by atoms with Gasteiger partial charge in [-0.25, -0.2) is 13.2 Å². The van der Waals surface area contributed by atoms with Crippen molar-refractivity contribution in [1.29, 1.82) is 0 Å². The molecule has 3 heterocycles. The summed E-state index contributed by atoms with van der Waals surface area (Å²) in [6, 6.07) is 20.4. The van der Waals surface area contributed by atoms with E-state index >= 15 is 0 Å². The Labute approximate surface area is 368 Å². The number of aryl methyl sites for hydroxylation is 1. The number of methoxy groups -OCH3 is 1. The molecule has 62 heavy (non-hydrogen) atoms. The van der Waals surface area contributed by atoms with Crippen LogP contribution in [-0.4, -0.2) is 87.3 Å². The molecule has 0 bridgehead atoms. The van der Waals surface area contributed by atoms with E-state index in [9.17, 15) is 23.1 Å². The Morgan fingerprint density at radius 2 is 1.71 bits per heavy atom. The zero-order chi connectivity index (χ0) is 44.4. The van der Waals surface area contributed by atoms with Crippen molar-refractivity contribution >= 4 is 33.4 Å². The average Bonchev–Trinajstić information content (AvgIpc) is 3.90. The number of carbonyl (C=O) groups is 2. The molecule has 2 amide bonds. The van der Waals surface area contributed by atoms with E-state index in [1.54, 1.807) is 23.5 Å². The number of alkyl carbamates (subject to hydrolysis) is 1. The van der Waals surface area contributed by atoms with Gasteiger partial charge in [-0.1, -0.05) is 64.1 Å². The topological polar surface area (TPSA) is 176 Å². The normalized spacial score (nSPS) is 21.6. The minimum Gasteiger partial charge on any atom is -0.497 e. The largest absolute Gasteiger partial charge is 0.497 e. The SMILES string of the molecule is COc1ccc(S(=O)(=O)N(CC(C)C)C[C@@H](O)[C@H](Cc2ccc(OCc3ccccc3-c3sc4c(c3C(N)=O)CC(C)(C)CC4)cc2)NC(=O)O[C@H]2CO[C@@]3(C)OCC[C@@H]23)cc1. The highest BCUT2D eigenvalue weighted by atomic mass is 32.2. The lowest BCUT2D eigenvalue weighted by molar-refractivity contribution is -0.181. The van der Waals surface area contributed by atoms with E-state index in [0.29, 0.717) is 30.1 Å². The number of nitrogens with one attached hydrogen (secondary N) is 1. The fourth-order valence-electron chi connectivity index (χ4n) is 8.80. The number of fused-ring (bicyclic) bond motifs is 2. The smallest absolute Gasteiger partial charge is 0.407 e. The van der Waals surface area contributed by atoms with Crippen molar-refractivity contribution in [2.75, 3.05) is 33.4 Å². The molecule has 3 aromatic carbocycles. The first-order valence-corrected chi connectivity index (χ1v) is 23.5. The summed E-state index contributed by atoms with van der Waals surface area (Å²) in [5.41, 5.74) is 10.4. The molecule has 0 unspecified atom stereocenters. The first-order chi connectivity index (χ1) is 29.5. The molecule has 2 aliphatic heterocycles. The molecule has 1 aliphatic carbocycles. The van der Waals surface area contributed by atoms with E-state index in [0.717, 1.165) is 46.4 Å². The van der Waals surface area contributed by atoms with Gasteiger partial charge in [0.1, 0.15) is 24.2 Å². The van der Waals surface area contributed by atoms with Crippen LogP contribution in [0.5, 0.6) is 11.5 Å². The lowest BCUT2D eigenvalue weighted by atomic mass is 9.75. The number of aliphatic hydroxyl groups is 1. The van der Waals surface area contributed by atoms with Gasteiger partial charge in [-0.05, 0) is 109 Å². The second-order valence-electron chi connectivity index (χ2n) is 17.9. The van der Waals surface area contributed by atoms with Crippen molar-refractivity contribution in [2.24, 2.45) is 23.0 Å². The fraction of sp³-hybridized carbons (Fsp3) is 0.489. The third-order valence-corrected chi connectivity index (χ3v) is 15.4. The molecule has 0 saturated carbocycles. The fourth-order valence-corrected chi connectivity index (χ4v) is 11.8. The van der Waals surface area contributed by atoms with Crippen molar-refractivity contribution < 1.29 is 46.8 Å². The van der Waals surface area contributed by atoms with Crippen LogP contribution in [0.3, 0.4) is 0 Å². The lowest BCUT2D eigenvalue weighted by Gasteiger charge is -2.31. The standard InChI is InChI=1S/C47H59N3O10S2/c1-29(2)25-50(62(54,55)34-17-15-32(56-6)16-18-34)26-39(51)38(49-45(53)60-40-28-59-47(5)37(40)20-22-58-47)23-30-11-13-33(14-12-30)57-27-31-9-7-8-10-35(31)43-42(44(48)52)36-24-46(3,4)21-19-41(36)61-43/h7-18,29,37-40,51H,19-28H2,1-6H3,(H2,48,52)(H,49,53)/t37-,38-,39+,40-,47+/m0/s1. The van der Waals surface area contributed by atoms with E-state index in [1.807, 2.05) is 69.3 Å². The van der Waals surface area contributed by atoms with Crippen LogP contribution < -0.4 is 20.5 Å². The van der Waals surface area contributed by atoms with Gasteiger partial charge in [0.25, 0.3) is 0 Å². The van der Waals surface area contributed by atoms with Crippen molar-refractivity contribution in [3.63, 3.8) is 0 Å².